The molecule has 34 heavy (non-hydrogen) atoms. The highest BCUT2D eigenvalue weighted by molar-refractivity contribution is 6.05. The molecule has 0 radical (unpaired) electrons. The Morgan fingerprint density at radius 1 is 1.06 bits per heavy atom. The highest BCUT2D eigenvalue weighted by Gasteiger charge is 2.41. The van der Waals surface area contributed by atoms with Crippen LogP contribution in [0.2, 0.25) is 0 Å². The SMILES string of the molecule is CC(=O)N1CCN(CCN2[C@@H]3CC[C@H]2C[C@H](NC(=O)c2nn(C(F)F)c4ccccc24)C3)CC1. The third-order valence-corrected chi connectivity index (χ3v) is 7.73. The van der Waals surface area contributed by atoms with Crippen molar-refractivity contribution in [2.75, 3.05) is 39.3 Å². The maximum Gasteiger partial charge on any atom is 0.333 e. The lowest BCUT2D eigenvalue weighted by atomic mass is 9.97. The highest BCUT2D eigenvalue weighted by Crippen LogP contribution is 2.36. The number of rotatable bonds is 6. The summed E-state index contributed by atoms with van der Waals surface area (Å²) in [5.41, 5.74) is 0.331. The van der Waals surface area contributed by atoms with E-state index in [1.54, 1.807) is 31.2 Å². The number of alkyl halides is 2. The van der Waals surface area contributed by atoms with E-state index in [1.165, 1.54) is 0 Å². The second kappa shape index (κ2) is 9.58. The van der Waals surface area contributed by atoms with E-state index in [1.807, 2.05) is 4.90 Å². The minimum Gasteiger partial charge on any atom is -0.348 e. The van der Waals surface area contributed by atoms with Crippen LogP contribution in [0.3, 0.4) is 0 Å². The first-order chi connectivity index (χ1) is 16.4. The number of amides is 2. The van der Waals surface area contributed by atoms with Crippen molar-refractivity contribution in [1.82, 2.24) is 29.8 Å². The van der Waals surface area contributed by atoms with Crippen molar-refractivity contribution in [3.63, 3.8) is 0 Å². The van der Waals surface area contributed by atoms with Crippen LogP contribution >= 0.6 is 0 Å². The van der Waals surface area contributed by atoms with Crippen LogP contribution in [0, 0.1) is 0 Å². The van der Waals surface area contributed by atoms with Gasteiger partial charge in [0.05, 0.1) is 5.52 Å². The number of aromatic nitrogens is 2. The van der Waals surface area contributed by atoms with Crippen LogP contribution in [0.5, 0.6) is 0 Å². The number of nitrogens with one attached hydrogen (secondary N) is 1. The van der Waals surface area contributed by atoms with Crippen molar-refractivity contribution in [2.45, 2.75) is 57.3 Å². The van der Waals surface area contributed by atoms with Gasteiger partial charge in [-0.15, -0.1) is 0 Å². The number of fused-ring (bicyclic) bond motifs is 3. The number of nitrogens with zero attached hydrogens (tertiary/aromatic N) is 5. The maximum atomic E-state index is 13.4. The van der Waals surface area contributed by atoms with Gasteiger partial charge in [0.2, 0.25) is 5.91 Å². The third kappa shape index (κ3) is 4.53. The summed E-state index contributed by atoms with van der Waals surface area (Å²) in [6.07, 6.45) is 3.98. The zero-order valence-electron chi connectivity index (χ0n) is 19.5. The van der Waals surface area contributed by atoms with E-state index in [0.29, 0.717) is 22.2 Å². The second-order valence-electron chi connectivity index (χ2n) is 9.70. The predicted octanol–water partition coefficient (Wildman–Crippen LogP) is 2.32. The molecule has 3 aliphatic heterocycles. The van der Waals surface area contributed by atoms with E-state index < -0.39 is 6.55 Å². The van der Waals surface area contributed by atoms with Gasteiger partial charge in [0, 0.05) is 69.7 Å². The lowest BCUT2D eigenvalue weighted by Gasteiger charge is -2.41. The number of halogens is 2. The van der Waals surface area contributed by atoms with Crippen LogP contribution in [-0.4, -0.2) is 93.7 Å². The Morgan fingerprint density at radius 3 is 2.38 bits per heavy atom. The zero-order chi connectivity index (χ0) is 23.8. The Bertz CT molecular complexity index is 1040. The predicted molar refractivity (Wildman–Crippen MR) is 124 cm³/mol. The summed E-state index contributed by atoms with van der Waals surface area (Å²) in [7, 11) is 0. The number of piperazine rings is 1. The average Bonchev–Trinajstić information content (AvgIpc) is 3.33. The molecule has 10 heteroatoms. The molecule has 1 N–H and O–H groups in total. The van der Waals surface area contributed by atoms with E-state index in [0.717, 1.165) is 65.0 Å². The standard InChI is InChI=1S/C24H32F2N6O2/c1-16(33)30-11-8-29(9-12-30)10-13-31-18-6-7-19(31)15-17(14-18)27-23(34)22-20-4-2-3-5-21(20)32(28-22)24(25)26/h2-5,17-19,24H,6-15H2,1H3,(H,27,34)/t17-,18-,19+. The molecule has 0 aliphatic carbocycles. The zero-order valence-corrected chi connectivity index (χ0v) is 19.5. The molecule has 3 aliphatic rings. The number of carbonyl (C=O) groups is 2. The summed E-state index contributed by atoms with van der Waals surface area (Å²) < 4.78 is 27.4. The maximum absolute atomic E-state index is 13.4. The van der Waals surface area contributed by atoms with Crippen LogP contribution in [0.1, 0.15) is 49.6 Å². The van der Waals surface area contributed by atoms with Crippen LogP contribution in [0.15, 0.2) is 24.3 Å². The minimum atomic E-state index is -2.80. The summed E-state index contributed by atoms with van der Waals surface area (Å²) in [5.74, 6) is -0.229. The number of benzene rings is 1. The van der Waals surface area contributed by atoms with Crippen LogP contribution in [0.4, 0.5) is 8.78 Å². The Hall–Kier alpha value is -2.59. The first kappa shape index (κ1) is 23.2. The Balaban J connectivity index is 1.17. The molecule has 3 atom stereocenters. The van der Waals surface area contributed by atoms with Crippen LogP contribution in [-0.2, 0) is 4.79 Å². The molecule has 4 heterocycles. The summed E-state index contributed by atoms with van der Waals surface area (Å²) in [5, 5.41) is 7.47. The molecule has 2 bridgehead atoms. The number of hydrogen-bond donors (Lipinski definition) is 1. The quantitative estimate of drug-likeness (QED) is 0.696. The topological polar surface area (TPSA) is 73.7 Å². The number of hydrogen-bond acceptors (Lipinski definition) is 5. The molecule has 8 nitrogen and oxygen atoms in total. The van der Waals surface area contributed by atoms with E-state index in [2.05, 4.69) is 20.2 Å². The number of piperidine rings is 1. The molecular weight excluding hydrogens is 442 g/mol. The van der Waals surface area contributed by atoms with Crippen molar-refractivity contribution in [1.29, 1.82) is 0 Å². The lowest BCUT2D eigenvalue weighted by molar-refractivity contribution is -0.130. The van der Waals surface area contributed by atoms with Gasteiger partial charge in [-0.2, -0.15) is 13.9 Å². The molecule has 0 unspecified atom stereocenters. The van der Waals surface area contributed by atoms with E-state index in [-0.39, 0.29) is 29.1 Å². The molecule has 1 aromatic carbocycles. The summed E-state index contributed by atoms with van der Waals surface area (Å²) in [6, 6.07) is 7.51. The summed E-state index contributed by atoms with van der Waals surface area (Å²) >= 11 is 0. The molecule has 3 saturated heterocycles. The molecule has 5 rings (SSSR count). The van der Waals surface area contributed by atoms with Crippen molar-refractivity contribution >= 4 is 22.7 Å². The summed E-state index contributed by atoms with van der Waals surface area (Å²) in [6.45, 7) is 4.26. The molecule has 2 amide bonds. The fraction of sp³-hybridized carbons (Fsp3) is 0.625. The van der Waals surface area contributed by atoms with Crippen LogP contribution in [0.25, 0.3) is 10.9 Å². The van der Waals surface area contributed by atoms with Crippen molar-refractivity contribution < 1.29 is 18.4 Å². The van der Waals surface area contributed by atoms with Gasteiger partial charge in [-0.3, -0.25) is 19.4 Å². The van der Waals surface area contributed by atoms with Gasteiger partial charge in [-0.25, -0.2) is 4.68 Å². The molecule has 3 fully saturated rings. The van der Waals surface area contributed by atoms with Crippen molar-refractivity contribution in [3.8, 4) is 0 Å². The molecule has 0 saturated carbocycles. The van der Waals surface area contributed by atoms with Crippen LogP contribution < -0.4 is 5.32 Å². The Kier molecular flexibility index (Phi) is 6.52. The second-order valence-corrected chi connectivity index (χ2v) is 9.70. The molecule has 0 spiro atoms. The normalized spacial score (nSPS) is 25.9. The summed E-state index contributed by atoms with van der Waals surface area (Å²) in [4.78, 5) is 31.5. The minimum absolute atomic E-state index is 0.0239. The fourth-order valence-electron chi connectivity index (χ4n) is 5.96. The Morgan fingerprint density at radius 2 is 1.74 bits per heavy atom. The number of carbonyl (C=O) groups excluding carboxylic acids is 2. The van der Waals surface area contributed by atoms with Gasteiger partial charge < -0.3 is 10.2 Å². The van der Waals surface area contributed by atoms with Gasteiger partial charge in [0.1, 0.15) is 0 Å². The van der Waals surface area contributed by atoms with Gasteiger partial charge in [0.25, 0.3) is 5.91 Å². The monoisotopic (exact) mass is 474 g/mol. The third-order valence-electron chi connectivity index (χ3n) is 7.73. The van der Waals surface area contributed by atoms with E-state index in [9.17, 15) is 18.4 Å². The first-order valence-corrected chi connectivity index (χ1v) is 12.2. The van der Waals surface area contributed by atoms with Gasteiger partial charge in [0.15, 0.2) is 5.69 Å². The largest absolute Gasteiger partial charge is 0.348 e. The smallest absolute Gasteiger partial charge is 0.333 e. The van der Waals surface area contributed by atoms with Gasteiger partial charge in [-0.05, 0) is 31.7 Å². The fourth-order valence-corrected chi connectivity index (χ4v) is 5.96. The Labute approximate surface area is 197 Å². The van der Waals surface area contributed by atoms with E-state index in [4.69, 9.17) is 0 Å². The van der Waals surface area contributed by atoms with Crippen molar-refractivity contribution in [3.05, 3.63) is 30.0 Å². The molecular formula is C24H32F2N6O2. The van der Waals surface area contributed by atoms with Gasteiger partial charge >= 0.3 is 6.55 Å². The average molecular weight is 475 g/mol. The lowest BCUT2D eigenvalue weighted by Crippen LogP contribution is -2.54. The van der Waals surface area contributed by atoms with Crippen molar-refractivity contribution in [2.24, 2.45) is 0 Å². The van der Waals surface area contributed by atoms with E-state index >= 15 is 0 Å². The highest BCUT2D eigenvalue weighted by atomic mass is 19.3. The van der Waals surface area contributed by atoms with Gasteiger partial charge in [-0.1, -0.05) is 18.2 Å². The first-order valence-electron chi connectivity index (χ1n) is 12.2. The molecule has 2 aromatic rings. The molecule has 1 aromatic heterocycles. The molecule has 184 valence electrons. The number of para-hydroxylation sites is 1.